The van der Waals surface area contributed by atoms with Crippen LogP contribution >= 0.6 is 15.9 Å². The molecule has 1 fully saturated rings. The molecule has 0 spiro atoms. The van der Waals surface area contributed by atoms with Crippen molar-refractivity contribution in [2.24, 2.45) is 0 Å². The molecule has 1 amide bonds. The molecular weight excluding hydrogens is 361 g/mol. The Kier molecular flexibility index (Phi) is 4.66. The van der Waals surface area contributed by atoms with Gasteiger partial charge in [-0.15, -0.1) is 0 Å². The number of amides is 1. The predicted octanol–water partition coefficient (Wildman–Crippen LogP) is 4.57. The van der Waals surface area contributed by atoms with Crippen LogP contribution in [0.15, 0.2) is 46.9 Å². The minimum Gasteiger partial charge on any atom is -0.497 e. The van der Waals surface area contributed by atoms with Crippen LogP contribution in [0.3, 0.4) is 0 Å². The van der Waals surface area contributed by atoms with Crippen LogP contribution in [0, 0.1) is 5.82 Å². The molecule has 1 unspecified atom stereocenters. The number of hydrogen-bond acceptors (Lipinski definition) is 2. The first-order valence-corrected chi connectivity index (χ1v) is 8.29. The average Bonchev–Trinajstić information content (AvgIpc) is 3.04. The number of carbonyl (C=O) groups excluding carboxylic acids is 1. The summed E-state index contributed by atoms with van der Waals surface area (Å²) in [4.78, 5) is 14.7. The number of halogens is 2. The second kappa shape index (κ2) is 6.71. The van der Waals surface area contributed by atoms with Crippen LogP contribution in [0.5, 0.6) is 5.75 Å². The van der Waals surface area contributed by atoms with E-state index >= 15 is 0 Å². The molecule has 120 valence electrons. The number of likely N-dealkylation sites (tertiary alicyclic amines) is 1. The molecule has 2 aromatic carbocycles. The zero-order valence-corrected chi connectivity index (χ0v) is 14.3. The fourth-order valence-electron chi connectivity index (χ4n) is 3.02. The quantitative estimate of drug-likeness (QED) is 0.783. The first-order valence-electron chi connectivity index (χ1n) is 7.50. The summed E-state index contributed by atoms with van der Waals surface area (Å²) in [6, 6.07) is 12.0. The Morgan fingerprint density at radius 2 is 2.13 bits per heavy atom. The van der Waals surface area contributed by atoms with E-state index in [0.29, 0.717) is 16.6 Å². The van der Waals surface area contributed by atoms with Crippen molar-refractivity contribution in [1.29, 1.82) is 0 Å². The van der Waals surface area contributed by atoms with Crippen LogP contribution in [-0.4, -0.2) is 24.5 Å². The molecule has 0 radical (unpaired) electrons. The topological polar surface area (TPSA) is 29.5 Å². The van der Waals surface area contributed by atoms with Crippen LogP contribution in [0.25, 0.3) is 0 Å². The monoisotopic (exact) mass is 377 g/mol. The number of carbonyl (C=O) groups is 1. The molecule has 3 rings (SSSR count). The Labute approximate surface area is 143 Å². The van der Waals surface area contributed by atoms with Gasteiger partial charge in [0.2, 0.25) is 0 Å². The Hall–Kier alpha value is -1.88. The maximum absolute atomic E-state index is 13.2. The number of methoxy groups -OCH3 is 1. The summed E-state index contributed by atoms with van der Waals surface area (Å²) in [5, 5.41) is 0. The van der Waals surface area contributed by atoms with Crippen molar-refractivity contribution in [3.63, 3.8) is 0 Å². The summed E-state index contributed by atoms with van der Waals surface area (Å²) in [5.74, 6) is 0.339. The van der Waals surface area contributed by atoms with Gasteiger partial charge in [0, 0.05) is 11.0 Å². The van der Waals surface area contributed by atoms with Gasteiger partial charge in [0.25, 0.3) is 5.91 Å². The van der Waals surface area contributed by atoms with Gasteiger partial charge in [0.05, 0.1) is 18.7 Å². The average molecular weight is 378 g/mol. The third-order valence-corrected chi connectivity index (χ3v) is 4.81. The molecule has 3 nitrogen and oxygen atoms in total. The molecule has 0 saturated carbocycles. The lowest BCUT2D eigenvalue weighted by Crippen LogP contribution is -2.30. The highest BCUT2D eigenvalue weighted by molar-refractivity contribution is 9.10. The molecule has 1 heterocycles. The van der Waals surface area contributed by atoms with E-state index in [0.717, 1.165) is 24.2 Å². The second-order valence-electron chi connectivity index (χ2n) is 5.56. The number of rotatable bonds is 3. The van der Waals surface area contributed by atoms with Crippen molar-refractivity contribution in [3.8, 4) is 5.75 Å². The smallest absolute Gasteiger partial charge is 0.255 e. The van der Waals surface area contributed by atoms with Crippen LogP contribution in [0.4, 0.5) is 4.39 Å². The third-order valence-electron chi connectivity index (χ3n) is 4.15. The normalized spacial score (nSPS) is 17.3. The Balaban J connectivity index is 1.90. The lowest BCUT2D eigenvalue weighted by atomic mass is 10.0. The highest BCUT2D eigenvalue weighted by atomic mass is 79.9. The molecular formula is C18H17BrFNO2. The van der Waals surface area contributed by atoms with Gasteiger partial charge in [0.1, 0.15) is 11.6 Å². The molecule has 0 bridgehead atoms. The van der Waals surface area contributed by atoms with E-state index in [1.807, 2.05) is 29.2 Å². The van der Waals surface area contributed by atoms with Crippen LogP contribution < -0.4 is 4.74 Å². The molecule has 0 N–H and O–H groups in total. The van der Waals surface area contributed by atoms with Gasteiger partial charge in [-0.05, 0) is 64.7 Å². The van der Waals surface area contributed by atoms with Gasteiger partial charge in [-0.25, -0.2) is 4.39 Å². The second-order valence-corrected chi connectivity index (χ2v) is 6.41. The molecule has 1 atom stereocenters. The van der Waals surface area contributed by atoms with Gasteiger partial charge in [-0.1, -0.05) is 12.1 Å². The van der Waals surface area contributed by atoms with E-state index in [-0.39, 0.29) is 17.8 Å². The van der Waals surface area contributed by atoms with Gasteiger partial charge in [0.15, 0.2) is 0 Å². The van der Waals surface area contributed by atoms with E-state index in [1.165, 1.54) is 18.2 Å². The van der Waals surface area contributed by atoms with Crippen LogP contribution in [0.2, 0.25) is 0 Å². The minimum atomic E-state index is -0.362. The molecule has 1 aliphatic heterocycles. The molecule has 0 aromatic heterocycles. The third kappa shape index (κ3) is 3.24. The van der Waals surface area contributed by atoms with Crippen LogP contribution in [-0.2, 0) is 0 Å². The minimum absolute atomic E-state index is 0.0227. The molecule has 1 saturated heterocycles. The van der Waals surface area contributed by atoms with Crippen LogP contribution in [0.1, 0.15) is 34.8 Å². The first kappa shape index (κ1) is 16.0. The van der Waals surface area contributed by atoms with E-state index in [4.69, 9.17) is 4.74 Å². The Bertz CT molecular complexity index is 735. The number of benzene rings is 2. The highest BCUT2D eigenvalue weighted by Gasteiger charge is 2.31. The predicted molar refractivity (Wildman–Crippen MR) is 90.1 cm³/mol. The first-order chi connectivity index (χ1) is 11.1. The number of ether oxygens (including phenoxy) is 1. The summed E-state index contributed by atoms with van der Waals surface area (Å²) < 4.78 is 19.0. The lowest BCUT2D eigenvalue weighted by Gasteiger charge is -2.26. The molecule has 1 aliphatic rings. The standard InChI is InChI=1S/C18H17BrFNO2/c1-23-14-5-2-4-12(10-14)17-6-3-9-21(17)18(22)15-8-7-13(20)11-16(15)19/h2,4-5,7-8,10-11,17H,3,6,9H2,1H3. The fraction of sp³-hybridized carbons (Fsp3) is 0.278. The highest BCUT2D eigenvalue weighted by Crippen LogP contribution is 2.35. The summed E-state index contributed by atoms with van der Waals surface area (Å²) in [6.07, 6.45) is 1.87. The number of hydrogen-bond donors (Lipinski definition) is 0. The molecule has 0 aliphatic carbocycles. The van der Waals surface area contributed by atoms with Gasteiger partial charge in [-0.3, -0.25) is 4.79 Å². The zero-order valence-electron chi connectivity index (χ0n) is 12.8. The van der Waals surface area contributed by atoms with Crippen molar-refractivity contribution in [1.82, 2.24) is 4.90 Å². The van der Waals surface area contributed by atoms with Crippen molar-refractivity contribution >= 4 is 21.8 Å². The van der Waals surface area contributed by atoms with E-state index in [2.05, 4.69) is 15.9 Å². The molecule has 2 aromatic rings. The Morgan fingerprint density at radius 1 is 1.30 bits per heavy atom. The van der Waals surface area contributed by atoms with Crippen molar-refractivity contribution in [2.45, 2.75) is 18.9 Å². The molecule has 5 heteroatoms. The van der Waals surface area contributed by atoms with Gasteiger partial charge >= 0.3 is 0 Å². The maximum Gasteiger partial charge on any atom is 0.255 e. The fourth-order valence-corrected chi connectivity index (χ4v) is 3.54. The summed E-state index contributed by atoms with van der Waals surface area (Å²) in [5.41, 5.74) is 1.55. The SMILES string of the molecule is COc1cccc(C2CCCN2C(=O)c2ccc(F)cc2Br)c1. The summed E-state index contributed by atoms with van der Waals surface area (Å²) in [6.45, 7) is 0.699. The van der Waals surface area contributed by atoms with E-state index in [9.17, 15) is 9.18 Å². The van der Waals surface area contributed by atoms with Gasteiger partial charge in [-0.2, -0.15) is 0 Å². The van der Waals surface area contributed by atoms with Crippen molar-refractivity contribution < 1.29 is 13.9 Å². The number of nitrogens with zero attached hydrogens (tertiary/aromatic N) is 1. The summed E-state index contributed by atoms with van der Waals surface area (Å²) >= 11 is 3.29. The van der Waals surface area contributed by atoms with E-state index < -0.39 is 0 Å². The van der Waals surface area contributed by atoms with Crippen molar-refractivity contribution in [3.05, 3.63) is 63.9 Å². The lowest BCUT2D eigenvalue weighted by molar-refractivity contribution is 0.0734. The molecule has 23 heavy (non-hydrogen) atoms. The maximum atomic E-state index is 13.2. The van der Waals surface area contributed by atoms with E-state index in [1.54, 1.807) is 7.11 Å². The van der Waals surface area contributed by atoms with Crippen molar-refractivity contribution in [2.75, 3.05) is 13.7 Å². The zero-order chi connectivity index (χ0) is 16.4. The largest absolute Gasteiger partial charge is 0.497 e. The van der Waals surface area contributed by atoms with Gasteiger partial charge < -0.3 is 9.64 Å². The Morgan fingerprint density at radius 3 is 2.87 bits per heavy atom. The summed E-state index contributed by atoms with van der Waals surface area (Å²) in [7, 11) is 1.63.